The summed E-state index contributed by atoms with van der Waals surface area (Å²) in [5.41, 5.74) is 0.694. The van der Waals surface area contributed by atoms with Crippen molar-refractivity contribution in [2.45, 2.75) is 25.4 Å². The van der Waals surface area contributed by atoms with E-state index in [0.717, 1.165) is 11.1 Å². The van der Waals surface area contributed by atoms with Gasteiger partial charge in [0, 0.05) is 13.0 Å². The van der Waals surface area contributed by atoms with Gasteiger partial charge in [0.25, 0.3) is 0 Å². The summed E-state index contributed by atoms with van der Waals surface area (Å²) < 4.78 is 12.9. The molecule has 2 N–H and O–H groups in total. The predicted molar refractivity (Wildman–Crippen MR) is 79.4 cm³/mol. The minimum atomic E-state index is -1.10. The van der Waals surface area contributed by atoms with Crippen LogP contribution in [-0.2, 0) is 17.8 Å². The van der Waals surface area contributed by atoms with E-state index >= 15 is 0 Å². The van der Waals surface area contributed by atoms with E-state index in [0.29, 0.717) is 6.54 Å². The first-order valence-electron chi connectivity index (χ1n) is 6.76. The molecule has 4 heteroatoms. The number of hydrogen-bond donors (Lipinski definition) is 2. The monoisotopic (exact) mass is 287 g/mol. The summed E-state index contributed by atoms with van der Waals surface area (Å²) >= 11 is 0. The summed E-state index contributed by atoms with van der Waals surface area (Å²) in [5, 5.41) is 12.6. The number of halogens is 1. The van der Waals surface area contributed by atoms with Crippen LogP contribution in [0.5, 0.6) is 0 Å². The van der Waals surface area contributed by atoms with Crippen LogP contribution in [-0.4, -0.2) is 16.6 Å². The molecule has 0 amide bonds. The molecule has 0 fully saturated rings. The van der Waals surface area contributed by atoms with Crippen molar-refractivity contribution in [2.75, 3.05) is 0 Å². The molecule has 0 saturated heterocycles. The largest absolute Gasteiger partial charge is 0.480 e. The maximum absolute atomic E-state index is 12.9. The standard InChI is InChI=1S/C17H18FNO2/c1-17(16(20)21,11-13-7-9-15(18)10-8-13)19-12-14-5-3-2-4-6-14/h2-10,19H,11-12H2,1H3,(H,20,21). The quantitative estimate of drug-likeness (QED) is 0.858. The Morgan fingerprint density at radius 3 is 2.29 bits per heavy atom. The topological polar surface area (TPSA) is 49.3 Å². The number of carbonyl (C=O) groups is 1. The van der Waals surface area contributed by atoms with Crippen molar-refractivity contribution in [2.24, 2.45) is 0 Å². The second kappa shape index (κ2) is 6.50. The van der Waals surface area contributed by atoms with Gasteiger partial charge in [-0.3, -0.25) is 10.1 Å². The number of aliphatic carboxylic acids is 1. The van der Waals surface area contributed by atoms with Gasteiger partial charge in [-0.1, -0.05) is 42.5 Å². The molecule has 110 valence electrons. The molecule has 3 nitrogen and oxygen atoms in total. The Bertz CT molecular complexity index is 598. The fourth-order valence-electron chi connectivity index (χ4n) is 2.12. The smallest absolute Gasteiger partial charge is 0.323 e. The Morgan fingerprint density at radius 2 is 1.71 bits per heavy atom. The van der Waals surface area contributed by atoms with E-state index in [4.69, 9.17) is 0 Å². The molecule has 0 aromatic heterocycles. The molecule has 0 spiro atoms. The van der Waals surface area contributed by atoms with E-state index < -0.39 is 11.5 Å². The number of carboxylic acid groups (broad SMARTS) is 1. The Kier molecular flexibility index (Phi) is 4.70. The third-order valence-electron chi connectivity index (χ3n) is 3.47. The van der Waals surface area contributed by atoms with Crippen LogP contribution >= 0.6 is 0 Å². The summed E-state index contributed by atoms with van der Waals surface area (Å²) in [5.74, 6) is -1.25. The van der Waals surface area contributed by atoms with Gasteiger partial charge in [0.2, 0.25) is 0 Å². The zero-order valence-corrected chi connectivity index (χ0v) is 11.8. The van der Waals surface area contributed by atoms with Crippen molar-refractivity contribution in [3.8, 4) is 0 Å². The zero-order valence-electron chi connectivity index (χ0n) is 11.8. The Labute approximate surface area is 123 Å². The highest BCUT2D eigenvalue weighted by molar-refractivity contribution is 5.78. The van der Waals surface area contributed by atoms with Crippen LogP contribution < -0.4 is 5.32 Å². The van der Waals surface area contributed by atoms with Gasteiger partial charge < -0.3 is 5.11 Å². The molecule has 1 atom stereocenters. The SMILES string of the molecule is CC(Cc1ccc(F)cc1)(NCc1ccccc1)C(=O)O. The molecule has 21 heavy (non-hydrogen) atoms. The highest BCUT2D eigenvalue weighted by Crippen LogP contribution is 2.15. The minimum absolute atomic E-state index is 0.287. The van der Waals surface area contributed by atoms with Gasteiger partial charge in [-0.05, 0) is 30.2 Å². The van der Waals surface area contributed by atoms with Crippen LogP contribution in [0.15, 0.2) is 54.6 Å². The summed E-state index contributed by atoms with van der Waals surface area (Å²) in [6.07, 6.45) is 0.287. The van der Waals surface area contributed by atoms with Crippen LogP contribution in [0.2, 0.25) is 0 Å². The van der Waals surface area contributed by atoms with Gasteiger partial charge in [-0.15, -0.1) is 0 Å². The van der Waals surface area contributed by atoms with Crippen molar-refractivity contribution >= 4 is 5.97 Å². The first kappa shape index (κ1) is 15.2. The molecule has 0 aliphatic carbocycles. The molecule has 1 unspecified atom stereocenters. The Morgan fingerprint density at radius 1 is 1.10 bits per heavy atom. The average molecular weight is 287 g/mol. The van der Waals surface area contributed by atoms with Crippen molar-refractivity contribution in [3.05, 3.63) is 71.5 Å². The molecule has 2 aromatic carbocycles. The molecule has 0 bridgehead atoms. The maximum atomic E-state index is 12.9. The highest BCUT2D eigenvalue weighted by Gasteiger charge is 2.32. The van der Waals surface area contributed by atoms with Crippen LogP contribution in [0.3, 0.4) is 0 Å². The first-order valence-corrected chi connectivity index (χ1v) is 6.76. The lowest BCUT2D eigenvalue weighted by Gasteiger charge is -2.26. The van der Waals surface area contributed by atoms with Crippen LogP contribution in [0.25, 0.3) is 0 Å². The molecule has 0 heterocycles. The van der Waals surface area contributed by atoms with Gasteiger partial charge >= 0.3 is 5.97 Å². The van der Waals surface area contributed by atoms with Gasteiger partial charge in [0.1, 0.15) is 11.4 Å². The van der Waals surface area contributed by atoms with Gasteiger partial charge in [-0.25, -0.2) is 4.39 Å². The molecule has 2 aromatic rings. The Hall–Kier alpha value is -2.20. The highest BCUT2D eigenvalue weighted by atomic mass is 19.1. The van der Waals surface area contributed by atoms with Crippen molar-refractivity contribution in [1.29, 1.82) is 0 Å². The lowest BCUT2D eigenvalue weighted by atomic mass is 9.92. The molecule has 2 rings (SSSR count). The predicted octanol–water partition coefficient (Wildman–Crippen LogP) is 3.00. The molecular formula is C17H18FNO2. The fraction of sp³-hybridized carbons (Fsp3) is 0.235. The van der Waals surface area contributed by atoms with Crippen molar-refractivity contribution in [1.82, 2.24) is 5.32 Å². The van der Waals surface area contributed by atoms with Gasteiger partial charge in [-0.2, -0.15) is 0 Å². The Balaban J connectivity index is 2.09. The minimum Gasteiger partial charge on any atom is -0.480 e. The maximum Gasteiger partial charge on any atom is 0.323 e. The normalized spacial score (nSPS) is 13.6. The lowest BCUT2D eigenvalue weighted by Crippen LogP contribution is -2.50. The molecule has 0 aliphatic rings. The van der Waals surface area contributed by atoms with Gasteiger partial charge in [0.05, 0.1) is 0 Å². The lowest BCUT2D eigenvalue weighted by molar-refractivity contribution is -0.144. The number of nitrogens with one attached hydrogen (secondary N) is 1. The van der Waals surface area contributed by atoms with Crippen LogP contribution in [0, 0.1) is 5.82 Å². The zero-order chi connectivity index (χ0) is 15.3. The van der Waals surface area contributed by atoms with Crippen LogP contribution in [0.1, 0.15) is 18.1 Å². The second-order valence-electron chi connectivity index (χ2n) is 5.28. The molecule has 0 radical (unpaired) electrons. The molecule has 0 aliphatic heterocycles. The van der Waals surface area contributed by atoms with Crippen molar-refractivity contribution < 1.29 is 14.3 Å². The molecular weight excluding hydrogens is 269 g/mol. The van der Waals surface area contributed by atoms with Crippen molar-refractivity contribution in [3.63, 3.8) is 0 Å². The van der Waals surface area contributed by atoms with E-state index in [9.17, 15) is 14.3 Å². The number of hydrogen-bond acceptors (Lipinski definition) is 2. The summed E-state index contributed by atoms with van der Waals surface area (Å²) in [4.78, 5) is 11.6. The third kappa shape index (κ3) is 4.13. The summed E-state index contributed by atoms with van der Waals surface area (Å²) in [6, 6.07) is 15.5. The number of benzene rings is 2. The van der Waals surface area contributed by atoms with E-state index in [1.165, 1.54) is 12.1 Å². The van der Waals surface area contributed by atoms with Gasteiger partial charge in [0.15, 0.2) is 0 Å². The second-order valence-corrected chi connectivity index (χ2v) is 5.28. The number of rotatable bonds is 6. The molecule has 0 saturated carbocycles. The number of carboxylic acids is 1. The van der Waals surface area contributed by atoms with Crippen LogP contribution in [0.4, 0.5) is 4.39 Å². The summed E-state index contributed by atoms with van der Waals surface area (Å²) in [7, 11) is 0. The van der Waals surface area contributed by atoms with E-state index in [1.54, 1.807) is 19.1 Å². The third-order valence-corrected chi connectivity index (χ3v) is 3.47. The summed E-state index contributed by atoms with van der Waals surface area (Å²) in [6.45, 7) is 2.10. The van der Waals surface area contributed by atoms with E-state index in [1.807, 2.05) is 30.3 Å². The average Bonchev–Trinajstić information content (AvgIpc) is 2.48. The first-order chi connectivity index (χ1) is 9.99. The fourth-order valence-corrected chi connectivity index (χ4v) is 2.12. The van der Waals surface area contributed by atoms with E-state index in [2.05, 4.69) is 5.32 Å². The van der Waals surface area contributed by atoms with E-state index in [-0.39, 0.29) is 12.2 Å².